The molecule has 0 aromatic heterocycles. The Hall–Kier alpha value is -0.410. The van der Waals surface area contributed by atoms with Crippen molar-refractivity contribution < 1.29 is 54.0 Å². The fourth-order valence-electron chi connectivity index (χ4n) is 0.779. The molecule has 0 radical (unpaired) electrons. The van der Waals surface area contributed by atoms with Gasteiger partial charge in [-0.2, -0.15) is 26.3 Å². The minimum absolute atomic E-state index is 0.391. The molecule has 16 heteroatoms. The van der Waals surface area contributed by atoms with Crippen molar-refractivity contribution in [2.75, 3.05) is 0 Å². The first-order chi connectivity index (χ1) is 7.69. The van der Waals surface area contributed by atoms with Gasteiger partial charge in [-0.3, -0.25) is 0 Å². The van der Waals surface area contributed by atoms with E-state index >= 15 is 0 Å². The molecular weight excluding hydrogens is 361 g/mol. The summed E-state index contributed by atoms with van der Waals surface area (Å²) >= 11 is -5.64. The fraction of sp³-hybridized carbons (Fsp3) is 1.00. The molecule has 0 N–H and O–H groups in total. The van der Waals surface area contributed by atoms with Gasteiger partial charge in [-0.25, -0.2) is 4.39 Å². The van der Waals surface area contributed by atoms with Crippen molar-refractivity contribution in [1.29, 1.82) is 0 Å². The van der Waals surface area contributed by atoms with Crippen LogP contribution in [0.25, 0.3) is 0 Å². The Kier molecular flexibility index (Phi) is 3.54. The van der Waals surface area contributed by atoms with Gasteiger partial charge < -0.3 is 0 Å². The third kappa shape index (κ3) is 2.73. The van der Waals surface area contributed by atoms with Crippen molar-refractivity contribution in [3.05, 3.63) is 0 Å². The number of hydrogen-bond donors (Lipinski definition) is 0. The molecular formula is C3F13NS2. The smallest absolute Gasteiger partial charge is 0.202 e. The third-order valence-electron chi connectivity index (χ3n) is 1.49. The van der Waals surface area contributed by atoms with Crippen LogP contribution in [-0.4, -0.2) is 17.4 Å². The molecule has 1 nitrogen and oxygen atoms in total. The van der Waals surface area contributed by atoms with E-state index in [1.165, 1.54) is 0 Å². The van der Waals surface area contributed by atoms with E-state index in [1.54, 1.807) is 0 Å². The maximum absolute atomic E-state index is 12.6. The summed E-state index contributed by atoms with van der Waals surface area (Å²) in [5.41, 5.74) is 0. The summed E-state index contributed by atoms with van der Waals surface area (Å²) in [6.07, 6.45) is -15.9. The molecule has 0 aromatic carbocycles. The minimum atomic E-state index is -12.3. The molecule has 0 unspecified atom stereocenters. The summed E-state index contributed by atoms with van der Waals surface area (Å²) in [6, 6.07) is 0. The van der Waals surface area contributed by atoms with Crippen molar-refractivity contribution in [1.82, 2.24) is 0 Å². The van der Waals surface area contributed by atoms with Gasteiger partial charge in [0.2, 0.25) is 0 Å². The standard InChI is InChI=1S/C3F13NS2/c4-1(2(5,6)7,3(8,9)10)19(13,14,15,16)17-18(11)12. The summed E-state index contributed by atoms with van der Waals surface area (Å²) in [5, 5.41) is -8.51. The predicted molar refractivity (Wildman–Crippen MR) is 40.0 cm³/mol. The van der Waals surface area contributed by atoms with Crippen LogP contribution >= 0.6 is 10.0 Å². The molecule has 0 bridgehead atoms. The van der Waals surface area contributed by atoms with E-state index in [4.69, 9.17) is 0 Å². The van der Waals surface area contributed by atoms with Crippen LogP contribution in [0.3, 0.4) is 0 Å². The van der Waals surface area contributed by atoms with Gasteiger partial charge in [0.15, 0.2) is 0 Å². The Morgan fingerprint density at radius 1 is 0.684 bits per heavy atom. The highest BCUT2D eigenvalue weighted by Gasteiger charge is 2.99. The first-order valence-corrected chi connectivity index (χ1v) is 6.31. The van der Waals surface area contributed by atoms with Gasteiger partial charge in [0.1, 0.15) is 0 Å². The molecule has 0 amide bonds. The Balaban J connectivity index is 6.79. The molecule has 0 saturated carbocycles. The highest BCUT2D eigenvalue weighted by molar-refractivity contribution is 8.51. The van der Waals surface area contributed by atoms with Crippen LogP contribution in [0.5, 0.6) is 0 Å². The van der Waals surface area contributed by atoms with E-state index in [0.29, 0.717) is 0 Å². The first kappa shape index (κ1) is 18.6. The Bertz CT molecular complexity index is 389. The Morgan fingerprint density at radius 2 is 0.947 bits per heavy atom. The molecule has 0 aliphatic carbocycles. The molecule has 0 fully saturated rings. The number of halogens is 13. The van der Waals surface area contributed by atoms with E-state index in [2.05, 4.69) is 0 Å². The lowest BCUT2D eigenvalue weighted by Crippen LogP contribution is -2.60. The molecule has 0 atom stereocenters. The van der Waals surface area contributed by atoms with Crippen molar-refractivity contribution in [2.45, 2.75) is 17.4 Å². The van der Waals surface area contributed by atoms with E-state index in [0.717, 1.165) is 0 Å². The normalized spacial score (nSPS) is 19.1. The van der Waals surface area contributed by atoms with Gasteiger partial charge in [-0.15, -0.1) is 23.3 Å². The summed E-state index contributed by atoms with van der Waals surface area (Å²) in [5.74, 6) is 0. The summed E-state index contributed by atoms with van der Waals surface area (Å²) in [4.78, 5) is 0. The van der Waals surface area contributed by atoms with Crippen molar-refractivity contribution in [3.63, 3.8) is 0 Å². The van der Waals surface area contributed by atoms with Crippen LogP contribution < -0.4 is 0 Å². The zero-order valence-electron chi connectivity index (χ0n) is 7.68. The van der Waals surface area contributed by atoms with Crippen LogP contribution in [0, 0.1) is 0 Å². The van der Waals surface area contributed by atoms with Crippen LogP contribution in [0.4, 0.5) is 54.0 Å². The van der Waals surface area contributed by atoms with Gasteiger partial charge in [0.25, 0.3) is 11.5 Å². The number of rotatable bonds is 2. The van der Waals surface area contributed by atoms with Gasteiger partial charge in [-0.05, 0) is 0 Å². The molecule has 0 rings (SSSR count). The summed E-state index contributed by atoms with van der Waals surface area (Å²) < 4.78 is 155. The Morgan fingerprint density at radius 3 is 1.11 bits per heavy atom. The largest absolute Gasteiger partial charge is 0.450 e. The quantitative estimate of drug-likeness (QED) is 0.562. The molecule has 19 heavy (non-hydrogen) atoms. The molecule has 0 aliphatic rings. The van der Waals surface area contributed by atoms with Crippen LogP contribution in [0.1, 0.15) is 0 Å². The van der Waals surface area contributed by atoms with Crippen LogP contribution in [0.15, 0.2) is 3.77 Å². The van der Waals surface area contributed by atoms with Crippen molar-refractivity contribution in [2.24, 2.45) is 3.77 Å². The molecule has 0 aromatic rings. The zero-order valence-corrected chi connectivity index (χ0v) is 9.31. The lowest BCUT2D eigenvalue weighted by Gasteiger charge is -2.53. The predicted octanol–water partition coefficient (Wildman–Crippen LogP) is 5.68. The maximum Gasteiger partial charge on any atom is 0.450 e. The molecule has 120 valence electrons. The monoisotopic (exact) mass is 361 g/mol. The van der Waals surface area contributed by atoms with Gasteiger partial charge in [0.05, 0.1) is 0 Å². The van der Waals surface area contributed by atoms with E-state index < -0.39 is 42.6 Å². The number of hydrogen-bond acceptors (Lipinski definition) is 1. The number of alkyl halides is 7. The topological polar surface area (TPSA) is 12.4 Å². The van der Waals surface area contributed by atoms with E-state index in [-0.39, 0.29) is 0 Å². The van der Waals surface area contributed by atoms with E-state index in [1.807, 2.05) is 0 Å². The average molecular weight is 361 g/mol. The highest BCUT2D eigenvalue weighted by atomic mass is 32.5. The molecule has 0 aliphatic heterocycles. The van der Waals surface area contributed by atoms with Crippen molar-refractivity contribution in [3.8, 4) is 0 Å². The second-order valence-electron chi connectivity index (χ2n) is 2.89. The number of nitrogens with zero attached hydrogens (tertiary/aromatic N) is 1. The second kappa shape index (κ2) is 3.62. The summed E-state index contributed by atoms with van der Waals surface area (Å²) in [7, 11) is -12.3. The van der Waals surface area contributed by atoms with Crippen molar-refractivity contribution >= 4 is 21.5 Å². The molecule has 0 spiro atoms. The fourth-order valence-corrected chi connectivity index (χ4v) is 3.00. The Labute approximate surface area is 97.6 Å². The maximum atomic E-state index is 12.6. The second-order valence-corrected chi connectivity index (χ2v) is 6.49. The SMILES string of the molecule is FS(F)=NS(F)(F)(F)(F)C(F)(C(F)(F)F)C(F)(F)F. The van der Waals surface area contributed by atoms with E-state index in [9.17, 15) is 54.0 Å². The third-order valence-corrected chi connectivity index (χ3v) is 4.70. The van der Waals surface area contributed by atoms with Gasteiger partial charge >= 0.3 is 27.4 Å². The van der Waals surface area contributed by atoms with Crippen LogP contribution in [-0.2, 0) is 11.5 Å². The average Bonchev–Trinajstić information content (AvgIpc) is 1.92. The summed E-state index contributed by atoms with van der Waals surface area (Å²) in [6.45, 7) is 0. The first-order valence-electron chi connectivity index (χ1n) is 3.32. The minimum Gasteiger partial charge on any atom is -0.202 e. The van der Waals surface area contributed by atoms with Crippen LogP contribution in [0.2, 0.25) is 0 Å². The zero-order chi connectivity index (χ0) is 16.2. The molecule has 0 heterocycles. The lowest BCUT2D eigenvalue weighted by molar-refractivity contribution is -0.313. The molecule has 0 saturated heterocycles. The van der Waals surface area contributed by atoms with Gasteiger partial charge in [0, 0.05) is 0 Å². The highest BCUT2D eigenvalue weighted by Crippen LogP contribution is 3.06. The lowest BCUT2D eigenvalue weighted by atomic mass is 10.3. The van der Waals surface area contributed by atoms with Gasteiger partial charge in [-0.1, -0.05) is 3.77 Å².